The maximum atomic E-state index is 12.0. The molecule has 7 heteroatoms. The lowest BCUT2D eigenvalue weighted by Gasteiger charge is -2.10. The quantitative estimate of drug-likeness (QED) is 0.876. The van der Waals surface area contributed by atoms with Crippen LogP contribution < -0.4 is 16.2 Å². The third-order valence-corrected chi connectivity index (χ3v) is 3.54. The van der Waals surface area contributed by atoms with E-state index in [1.54, 1.807) is 30.5 Å². The molecule has 0 saturated heterocycles. The van der Waals surface area contributed by atoms with Gasteiger partial charge in [0.1, 0.15) is 0 Å². The third kappa shape index (κ3) is 4.43. The molecule has 1 aromatic carbocycles. The maximum Gasteiger partial charge on any atom is 0.251 e. The highest BCUT2D eigenvalue weighted by Gasteiger charge is 2.10. The second-order valence-corrected chi connectivity index (χ2v) is 5.21. The number of carbonyl (C=O) groups is 2. The number of amides is 2. The summed E-state index contributed by atoms with van der Waals surface area (Å²) in [5, 5.41) is 5.49. The Morgan fingerprint density at radius 2 is 2.00 bits per heavy atom. The van der Waals surface area contributed by atoms with Crippen molar-refractivity contribution < 1.29 is 9.59 Å². The standard InChI is InChI=1S/C16H16ClN3O3/c1-18-16(23)11-5-6-12(17)13(10-11)19-14(21)7-9-20-8-3-2-4-15(20)22/h2-6,8,10H,7,9H2,1H3,(H,18,23)(H,19,21). The monoisotopic (exact) mass is 333 g/mol. The van der Waals surface area contributed by atoms with Crippen molar-refractivity contribution in [2.75, 3.05) is 12.4 Å². The molecule has 0 unspecified atom stereocenters. The minimum absolute atomic E-state index is 0.116. The smallest absolute Gasteiger partial charge is 0.251 e. The van der Waals surface area contributed by atoms with Crippen LogP contribution in [-0.2, 0) is 11.3 Å². The molecule has 2 aromatic rings. The zero-order valence-corrected chi connectivity index (χ0v) is 13.3. The Labute approximate surface area is 138 Å². The van der Waals surface area contributed by atoms with Gasteiger partial charge in [0.2, 0.25) is 5.91 Å². The first-order valence-corrected chi connectivity index (χ1v) is 7.36. The van der Waals surface area contributed by atoms with Gasteiger partial charge < -0.3 is 15.2 Å². The molecule has 0 spiro atoms. The van der Waals surface area contributed by atoms with E-state index in [-0.39, 0.29) is 30.3 Å². The van der Waals surface area contributed by atoms with E-state index in [2.05, 4.69) is 10.6 Å². The highest BCUT2D eigenvalue weighted by molar-refractivity contribution is 6.33. The van der Waals surface area contributed by atoms with Crippen LogP contribution in [0.2, 0.25) is 5.02 Å². The number of pyridine rings is 1. The lowest BCUT2D eigenvalue weighted by molar-refractivity contribution is -0.116. The van der Waals surface area contributed by atoms with Gasteiger partial charge in [0.25, 0.3) is 11.5 Å². The van der Waals surface area contributed by atoms with E-state index in [1.807, 2.05) is 0 Å². The SMILES string of the molecule is CNC(=O)c1ccc(Cl)c(NC(=O)CCn2ccccc2=O)c1. The minimum Gasteiger partial charge on any atom is -0.355 e. The number of carbonyl (C=O) groups excluding carboxylic acids is 2. The molecule has 0 aliphatic heterocycles. The van der Waals surface area contributed by atoms with Crippen LogP contribution in [-0.4, -0.2) is 23.4 Å². The number of nitrogens with zero attached hydrogens (tertiary/aromatic N) is 1. The zero-order valence-electron chi connectivity index (χ0n) is 12.5. The van der Waals surface area contributed by atoms with Gasteiger partial charge in [0.15, 0.2) is 0 Å². The van der Waals surface area contributed by atoms with Gasteiger partial charge in [0, 0.05) is 37.8 Å². The average molecular weight is 334 g/mol. The number of nitrogens with one attached hydrogen (secondary N) is 2. The number of aryl methyl sites for hydroxylation is 1. The van der Waals surface area contributed by atoms with Crippen LogP contribution in [0.1, 0.15) is 16.8 Å². The Bertz CT molecular complexity index is 786. The van der Waals surface area contributed by atoms with Crippen molar-refractivity contribution in [1.29, 1.82) is 0 Å². The summed E-state index contributed by atoms with van der Waals surface area (Å²) in [5.74, 6) is -0.565. The summed E-state index contributed by atoms with van der Waals surface area (Å²) in [6, 6.07) is 9.42. The fourth-order valence-corrected chi connectivity index (χ4v) is 2.15. The number of hydrogen-bond donors (Lipinski definition) is 2. The summed E-state index contributed by atoms with van der Waals surface area (Å²) in [6.45, 7) is 0.262. The maximum absolute atomic E-state index is 12.0. The molecule has 0 fully saturated rings. The van der Waals surface area contributed by atoms with E-state index in [0.29, 0.717) is 16.3 Å². The first-order chi connectivity index (χ1) is 11.0. The fourth-order valence-electron chi connectivity index (χ4n) is 1.99. The lowest BCUT2D eigenvalue weighted by atomic mass is 10.2. The Balaban J connectivity index is 2.04. The van der Waals surface area contributed by atoms with E-state index in [9.17, 15) is 14.4 Å². The van der Waals surface area contributed by atoms with Crippen molar-refractivity contribution in [2.45, 2.75) is 13.0 Å². The first-order valence-electron chi connectivity index (χ1n) is 6.98. The molecule has 2 amide bonds. The van der Waals surface area contributed by atoms with Crippen molar-refractivity contribution in [3.05, 3.63) is 63.5 Å². The molecule has 2 N–H and O–H groups in total. The van der Waals surface area contributed by atoms with E-state index < -0.39 is 0 Å². The summed E-state index contributed by atoms with van der Waals surface area (Å²) in [6.07, 6.45) is 1.74. The molecule has 23 heavy (non-hydrogen) atoms. The van der Waals surface area contributed by atoms with Crippen molar-refractivity contribution in [3.63, 3.8) is 0 Å². The van der Waals surface area contributed by atoms with Crippen LogP contribution in [0, 0.1) is 0 Å². The molecule has 0 aliphatic carbocycles. The summed E-state index contributed by atoms with van der Waals surface area (Å²) < 4.78 is 1.45. The van der Waals surface area contributed by atoms with Crippen LogP contribution in [0.25, 0.3) is 0 Å². The second-order valence-electron chi connectivity index (χ2n) is 4.80. The average Bonchev–Trinajstić information content (AvgIpc) is 2.55. The molecule has 0 atom stereocenters. The highest BCUT2D eigenvalue weighted by atomic mass is 35.5. The van der Waals surface area contributed by atoms with Crippen LogP contribution in [0.5, 0.6) is 0 Å². The van der Waals surface area contributed by atoms with Crippen LogP contribution >= 0.6 is 11.6 Å². The normalized spacial score (nSPS) is 10.2. The van der Waals surface area contributed by atoms with Gasteiger partial charge >= 0.3 is 0 Å². The van der Waals surface area contributed by atoms with Crippen LogP contribution in [0.3, 0.4) is 0 Å². The molecule has 2 rings (SSSR count). The lowest BCUT2D eigenvalue weighted by Crippen LogP contribution is -2.22. The van der Waals surface area contributed by atoms with Gasteiger partial charge in [-0.25, -0.2) is 0 Å². The Kier molecular flexibility index (Phi) is 5.54. The van der Waals surface area contributed by atoms with Gasteiger partial charge in [-0.3, -0.25) is 14.4 Å². The third-order valence-electron chi connectivity index (χ3n) is 3.21. The van der Waals surface area contributed by atoms with Crippen molar-refractivity contribution in [3.8, 4) is 0 Å². The van der Waals surface area contributed by atoms with E-state index in [0.717, 1.165) is 0 Å². The molecule has 0 radical (unpaired) electrons. The number of anilines is 1. The number of rotatable bonds is 5. The van der Waals surface area contributed by atoms with Crippen molar-refractivity contribution in [1.82, 2.24) is 9.88 Å². The number of aromatic nitrogens is 1. The summed E-state index contributed by atoms with van der Waals surface area (Å²) in [5.41, 5.74) is 0.588. The zero-order chi connectivity index (χ0) is 16.8. The molecule has 120 valence electrons. The highest BCUT2D eigenvalue weighted by Crippen LogP contribution is 2.23. The summed E-state index contributed by atoms with van der Waals surface area (Å²) in [4.78, 5) is 35.2. The summed E-state index contributed by atoms with van der Waals surface area (Å²) in [7, 11) is 1.52. The van der Waals surface area contributed by atoms with Crippen molar-refractivity contribution >= 4 is 29.1 Å². The van der Waals surface area contributed by atoms with Crippen LogP contribution in [0.15, 0.2) is 47.4 Å². The van der Waals surface area contributed by atoms with Gasteiger partial charge in [-0.05, 0) is 24.3 Å². The van der Waals surface area contributed by atoms with Gasteiger partial charge in [-0.2, -0.15) is 0 Å². The molecule has 1 aromatic heterocycles. The largest absolute Gasteiger partial charge is 0.355 e. The molecule has 0 bridgehead atoms. The Hall–Kier alpha value is -2.60. The predicted octanol–water partition coefficient (Wildman–Crippen LogP) is 1.89. The summed E-state index contributed by atoms with van der Waals surface area (Å²) >= 11 is 6.03. The Morgan fingerprint density at radius 3 is 2.70 bits per heavy atom. The molecular weight excluding hydrogens is 318 g/mol. The molecule has 1 heterocycles. The van der Waals surface area contributed by atoms with Gasteiger partial charge in [0.05, 0.1) is 10.7 Å². The second kappa shape index (κ2) is 7.60. The topological polar surface area (TPSA) is 80.2 Å². The van der Waals surface area contributed by atoms with Gasteiger partial charge in [-0.1, -0.05) is 17.7 Å². The van der Waals surface area contributed by atoms with Gasteiger partial charge in [-0.15, -0.1) is 0 Å². The van der Waals surface area contributed by atoms with Crippen LogP contribution in [0.4, 0.5) is 5.69 Å². The number of hydrogen-bond acceptors (Lipinski definition) is 3. The predicted molar refractivity (Wildman–Crippen MR) is 88.8 cm³/mol. The fraction of sp³-hybridized carbons (Fsp3) is 0.188. The van der Waals surface area contributed by atoms with E-state index in [4.69, 9.17) is 11.6 Å². The van der Waals surface area contributed by atoms with E-state index >= 15 is 0 Å². The number of halogens is 1. The molecule has 6 nitrogen and oxygen atoms in total. The number of benzene rings is 1. The molecule has 0 aliphatic rings. The first kappa shape index (κ1) is 16.8. The minimum atomic E-state index is -0.295. The Morgan fingerprint density at radius 1 is 1.22 bits per heavy atom. The van der Waals surface area contributed by atoms with E-state index in [1.165, 1.54) is 23.7 Å². The van der Waals surface area contributed by atoms with Crippen molar-refractivity contribution in [2.24, 2.45) is 0 Å². The molecule has 0 saturated carbocycles. The molecular formula is C16H16ClN3O3.